The number of thioether (sulfide) groups is 1. The van der Waals surface area contributed by atoms with Crippen molar-refractivity contribution in [1.82, 2.24) is 4.90 Å². The second-order valence-electron chi connectivity index (χ2n) is 8.08. The standard InChI is InChI=1S/C24H26N4O4S/c1-13(2)20-23(30)28-21(27-20)18-8-6-7-9-19(18)26-24(28)33-14(3)22(29)25-15-10-16(31-4)12-17(11-15)32-5/h6-14,20H,1-5H3,(H,25,29)/t14-,20-/m1/s1. The molecular formula is C24H26N4O4S. The van der Waals surface area contributed by atoms with Gasteiger partial charge in [0.1, 0.15) is 23.4 Å². The molecule has 2 aliphatic heterocycles. The maximum absolute atomic E-state index is 13.2. The fourth-order valence-corrected chi connectivity index (χ4v) is 4.53. The minimum absolute atomic E-state index is 0.0535. The van der Waals surface area contributed by atoms with E-state index in [0.717, 1.165) is 11.3 Å². The summed E-state index contributed by atoms with van der Waals surface area (Å²) in [6, 6.07) is 12.3. The maximum Gasteiger partial charge on any atom is 0.259 e. The van der Waals surface area contributed by atoms with Crippen LogP contribution in [0.5, 0.6) is 11.5 Å². The number of anilines is 1. The predicted molar refractivity (Wildman–Crippen MR) is 131 cm³/mol. The number of ether oxygens (including phenoxy) is 2. The van der Waals surface area contributed by atoms with Gasteiger partial charge in [0, 0.05) is 29.4 Å². The number of benzene rings is 2. The van der Waals surface area contributed by atoms with Crippen LogP contribution in [0, 0.1) is 5.92 Å². The Morgan fingerprint density at radius 1 is 1.09 bits per heavy atom. The molecule has 0 aromatic heterocycles. The van der Waals surface area contributed by atoms with E-state index in [0.29, 0.717) is 28.2 Å². The van der Waals surface area contributed by atoms with Gasteiger partial charge in [-0.3, -0.25) is 14.6 Å². The molecule has 0 aliphatic carbocycles. The molecule has 2 aliphatic rings. The van der Waals surface area contributed by atoms with E-state index in [2.05, 4.69) is 5.32 Å². The molecule has 0 fully saturated rings. The molecular weight excluding hydrogens is 440 g/mol. The van der Waals surface area contributed by atoms with Crippen LogP contribution in [-0.2, 0) is 9.59 Å². The number of aliphatic imine (C=N–C) groups is 2. The summed E-state index contributed by atoms with van der Waals surface area (Å²) in [5.41, 5.74) is 2.11. The minimum Gasteiger partial charge on any atom is -0.497 e. The zero-order valence-corrected chi connectivity index (χ0v) is 20.0. The molecule has 8 nitrogen and oxygen atoms in total. The number of hydrogen-bond acceptors (Lipinski definition) is 7. The first-order chi connectivity index (χ1) is 15.8. The van der Waals surface area contributed by atoms with Gasteiger partial charge in [-0.15, -0.1) is 0 Å². The number of amides is 2. The van der Waals surface area contributed by atoms with Gasteiger partial charge in [0.05, 0.1) is 25.2 Å². The first-order valence-electron chi connectivity index (χ1n) is 10.6. The fourth-order valence-electron chi connectivity index (χ4n) is 3.62. The molecule has 2 heterocycles. The molecule has 1 N–H and O–H groups in total. The van der Waals surface area contributed by atoms with Crippen LogP contribution in [0.15, 0.2) is 52.4 Å². The third-order valence-corrected chi connectivity index (χ3v) is 6.45. The van der Waals surface area contributed by atoms with Gasteiger partial charge < -0.3 is 14.8 Å². The van der Waals surface area contributed by atoms with Gasteiger partial charge in [0.15, 0.2) is 5.17 Å². The third kappa shape index (κ3) is 4.45. The second kappa shape index (κ2) is 9.27. The molecule has 172 valence electrons. The number of hydrogen-bond donors (Lipinski definition) is 1. The molecule has 0 saturated carbocycles. The normalized spacial score (nSPS) is 17.7. The Labute approximate surface area is 197 Å². The van der Waals surface area contributed by atoms with Crippen molar-refractivity contribution in [2.45, 2.75) is 32.1 Å². The van der Waals surface area contributed by atoms with Crippen LogP contribution in [0.1, 0.15) is 26.3 Å². The third-order valence-electron chi connectivity index (χ3n) is 5.40. The Balaban J connectivity index is 1.58. The average Bonchev–Trinajstić information content (AvgIpc) is 3.16. The van der Waals surface area contributed by atoms with E-state index in [1.807, 2.05) is 38.1 Å². The van der Waals surface area contributed by atoms with Crippen LogP contribution in [0.25, 0.3) is 0 Å². The van der Waals surface area contributed by atoms with Gasteiger partial charge in [-0.25, -0.2) is 9.89 Å². The first-order valence-corrected chi connectivity index (χ1v) is 11.5. The molecule has 0 bridgehead atoms. The van der Waals surface area contributed by atoms with Crippen molar-refractivity contribution in [3.8, 4) is 11.5 Å². The lowest BCUT2D eigenvalue weighted by Crippen LogP contribution is -2.43. The topological polar surface area (TPSA) is 92.6 Å². The van der Waals surface area contributed by atoms with E-state index < -0.39 is 11.3 Å². The Bertz CT molecular complexity index is 1140. The molecule has 9 heteroatoms. The maximum atomic E-state index is 13.2. The largest absolute Gasteiger partial charge is 0.497 e. The van der Waals surface area contributed by atoms with E-state index >= 15 is 0 Å². The van der Waals surface area contributed by atoms with E-state index in [9.17, 15) is 9.59 Å². The number of para-hydroxylation sites is 1. The molecule has 2 aromatic carbocycles. The number of nitrogens with one attached hydrogen (secondary N) is 1. The number of rotatable bonds is 6. The van der Waals surface area contributed by atoms with Crippen molar-refractivity contribution in [2.24, 2.45) is 15.9 Å². The molecule has 0 spiro atoms. The van der Waals surface area contributed by atoms with Crippen LogP contribution in [0.2, 0.25) is 0 Å². The number of nitrogens with zero attached hydrogens (tertiary/aromatic N) is 3. The number of methoxy groups -OCH3 is 2. The second-order valence-corrected chi connectivity index (χ2v) is 9.39. The van der Waals surface area contributed by atoms with E-state index in [1.165, 1.54) is 11.8 Å². The van der Waals surface area contributed by atoms with Crippen molar-refractivity contribution in [3.63, 3.8) is 0 Å². The van der Waals surface area contributed by atoms with Crippen LogP contribution < -0.4 is 14.8 Å². The predicted octanol–water partition coefficient (Wildman–Crippen LogP) is 4.08. The summed E-state index contributed by atoms with van der Waals surface area (Å²) >= 11 is 1.23. The van der Waals surface area contributed by atoms with Gasteiger partial charge in [0.2, 0.25) is 5.91 Å². The number of fused-ring (bicyclic) bond motifs is 3. The minimum atomic E-state index is -0.529. The summed E-state index contributed by atoms with van der Waals surface area (Å²) < 4.78 is 10.5. The van der Waals surface area contributed by atoms with Crippen LogP contribution in [0.3, 0.4) is 0 Å². The van der Waals surface area contributed by atoms with E-state index in [1.54, 1.807) is 44.2 Å². The number of amidine groups is 2. The van der Waals surface area contributed by atoms with Crippen molar-refractivity contribution in [3.05, 3.63) is 48.0 Å². The Hall–Kier alpha value is -3.33. The molecule has 33 heavy (non-hydrogen) atoms. The summed E-state index contributed by atoms with van der Waals surface area (Å²) in [7, 11) is 3.10. The lowest BCUT2D eigenvalue weighted by molar-refractivity contribution is -0.125. The van der Waals surface area contributed by atoms with Gasteiger partial charge in [-0.2, -0.15) is 0 Å². The Morgan fingerprint density at radius 3 is 2.39 bits per heavy atom. The molecule has 4 rings (SSSR count). The first kappa shape index (κ1) is 22.8. The van der Waals surface area contributed by atoms with Crippen molar-refractivity contribution in [2.75, 3.05) is 19.5 Å². The molecule has 2 aromatic rings. The lowest BCUT2D eigenvalue weighted by Gasteiger charge is -2.27. The van der Waals surface area contributed by atoms with E-state index in [4.69, 9.17) is 19.5 Å². The van der Waals surface area contributed by atoms with Gasteiger partial charge in [0.25, 0.3) is 5.91 Å². The number of carbonyl (C=O) groups excluding carboxylic acids is 2. The quantitative estimate of drug-likeness (QED) is 0.693. The molecule has 2 amide bonds. The summed E-state index contributed by atoms with van der Waals surface area (Å²) in [4.78, 5) is 37.1. The fraction of sp³-hybridized carbons (Fsp3) is 0.333. The van der Waals surface area contributed by atoms with Crippen molar-refractivity contribution < 1.29 is 19.1 Å². The number of carbonyl (C=O) groups is 2. The highest BCUT2D eigenvalue weighted by molar-refractivity contribution is 8.15. The highest BCUT2D eigenvalue weighted by Gasteiger charge is 2.43. The van der Waals surface area contributed by atoms with Gasteiger partial charge in [-0.1, -0.05) is 37.7 Å². The summed E-state index contributed by atoms with van der Waals surface area (Å²) in [6.07, 6.45) is 0. The highest BCUT2D eigenvalue weighted by atomic mass is 32.2. The molecule has 2 atom stereocenters. The van der Waals surface area contributed by atoms with Gasteiger partial charge in [-0.05, 0) is 25.0 Å². The van der Waals surface area contributed by atoms with E-state index in [-0.39, 0.29) is 17.7 Å². The average molecular weight is 467 g/mol. The van der Waals surface area contributed by atoms with Crippen LogP contribution in [-0.4, -0.2) is 53.2 Å². The van der Waals surface area contributed by atoms with Crippen LogP contribution >= 0.6 is 11.8 Å². The zero-order valence-electron chi connectivity index (χ0n) is 19.2. The van der Waals surface area contributed by atoms with Crippen molar-refractivity contribution in [1.29, 1.82) is 0 Å². The SMILES string of the molecule is COc1cc(NC(=O)[C@@H](C)SC2=Nc3ccccc3C3=N[C@H](C(C)C)C(=O)N23)cc(OC)c1. The smallest absolute Gasteiger partial charge is 0.259 e. The zero-order chi connectivity index (χ0) is 23.7. The summed E-state index contributed by atoms with van der Waals surface area (Å²) in [5, 5.41) is 2.81. The molecule has 0 saturated heterocycles. The monoisotopic (exact) mass is 466 g/mol. The lowest BCUT2D eigenvalue weighted by atomic mass is 10.1. The van der Waals surface area contributed by atoms with Crippen molar-refractivity contribution >= 4 is 46.0 Å². The summed E-state index contributed by atoms with van der Waals surface area (Å²) in [6.45, 7) is 5.72. The summed E-state index contributed by atoms with van der Waals surface area (Å²) in [5.74, 6) is 1.44. The molecule has 0 unspecified atom stereocenters. The Kier molecular flexibility index (Phi) is 6.42. The van der Waals surface area contributed by atoms with Gasteiger partial charge >= 0.3 is 0 Å². The highest BCUT2D eigenvalue weighted by Crippen LogP contribution is 2.36. The Morgan fingerprint density at radius 2 is 1.76 bits per heavy atom. The molecule has 0 radical (unpaired) electrons. The van der Waals surface area contributed by atoms with Crippen LogP contribution in [0.4, 0.5) is 11.4 Å².